The molecule has 132 valence electrons. The summed E-state index contributed by atoms with van der Waals surface area (Å²) in [5.74, 6) is 0.489. The number of amides is 1. The molecule has 0 aliphatic rings. The fraction of sp³-hybridized carbons (Fsp3) is 0.474. The second kappa shape index (κ2) is 11.3. The van der Waals surface area contributed by atoms with Crippen molar-refractivity contribution < 1.29 is 19.1 Å². The van der Waals surface area contributed by atoms with Gasteiger partial charge in [-0.15, -0.1) is 0 Å². The van der Waals surface area contributed by atoms with E-state index in [4.69, 9.17) is 9.47 Å². The Hall–Kier alpha value is -2.30. The van der Waals surface area contributed by atoms with Gasteiger partial charge in [0.2, 0.25) is 5.91 Å². The highest BCUT2D eigenvalue weighted by Crippen LogP contribution is 2.19. The maximum Gasteiger partial charge on any atom is 0.341 e. The first kappa shape index (κ1) is 19.7. The Kier molecular flexibility index (Phi) is 9.27. The summed E-state index contributed by atoms with van der Waals surface area (Å²) >= 11 is 0. The molecule has 0 bridgehead atoms. The summed E-state index contributed by atoms with van der Waals surface area (Å²) in [5, 5.41) is 2.71. The fourth-order valence-corrected chi connectivity index (χ4v) is 1.92. The van der Waals surface area contributed by atoms with Crippen LogP contribution in [0.2, 0.25) is 0 Å². The largest absolute Gasteiger partial charge is 0.493 e. The van der Waals surface area contributed by atoms with Crippen molar-refractivity contribution >= 4 is 11.9 Å². The first-order valence-corrected chi connectivity index (χ1v) is 8.33. The quantitative estimate of drug-likeness (QED) is 0.383. The number of carbonyl (C=O) groups excluding carboxylic acids is 2. The van der Waals surface area contributed by atoms with Crippen molar-refractivity contribution in [2.75, 3.05) is 19.8 Å². The lowest BCUT2D eigenvalue weighted by Gasteiger charge is -2.12. The second-order valence-corrected chi connectivity index (χ2v) is 5.87. The zero-order valence-corrected chi connectivity index (χ0v) is 14.5. The Labute approximate surface area is 144 Å². The van der Waals surface area contributed by atoms with E-state index in [1.807, 2.05) is 6.07 Å². The van der Waals surface area contributed by atoms with E-state index in [1.54, 1.807) is 18.2 Å². The molecule has 1 N–H and O–H groups in total. The van der Waals surface area contributed by atoms with Crippen molar-refractivity contribution in [1.82, 2.24) is 5.32 Å². The molecule has 0 aromatic heterocycles. The van der Waals surface area contributed by atoms with E-state index < -0.39 is 0 Å². The lowest BCUT2D eigenvalue weighted by Crippen LogP contribution is -2.22. The highest BCUT2D eigenvalue weighted by Gasteiger charge is 2.13. The van der Waals surface area contributed by atoms with E-state index in [-0.39, 0.29) is 11.9 Å². The van der Waals surface area contributed by atoms with Crippen LogP contribution < -0.4 is 10.1 Å². The molecule has 0 fully saturated rings. The van der Waals surface area contributed by atoms with E-state index in [0.29, 0.717) is 37.0 Å². The molecular weight excluding hydrogens is 306 g/mol. The number of esters is 1. The molecular formula is C19H27NO4. The predicted molar refractivity (Wildman–Crippen MR) is 94.1 cm³/mol. The minimum Gasteiger partial charge on any atom is -0.493 e. The molecule has 1 amide bonds. The summed E-state index contributed by atoms with van der Waals surface area (Å²) in [6.45, 7) is 9.02. The first-order valence-electron chi connectivity index (χ1n) is 8.33. The van der Waals surface area contributed by atoms with Crippen LogP contribution in [-0.4, -0.2) is 31.6 Å². The van der Waals surface area contributed by atoms with Gasteiger partial charge in [0.1, 0.15) is 11.3 Å². The van der Waals surface area contributed by atoms with Gasteiger partial charge in [0.05, 0.1) is 13.2 Å². The van der Waals surface area contributed by atoms with Crippen LogP contribution in [-0.2, 0) is 9.53 Å². The summed E-state index contributed by atoms with van der Waals surface area (Å²) in [6, 6.07) is 7.08. The molecule has 0 atom stereocenters. The zero-order valence-electron chi connectivity index (χ0n) is 14.5. The lowest BCUT2D eigenvalue weighted by atomic mass is 10.1. The van der Waals surface area contributed by atoms with Crippen molar-refractivity contribution in [3.63, 3.8) is 0 Å². The number of hydrogen-bond donors (Lipinski definition) is 1. The molecule has 0 aliphatic carbocycles. The molecule has 0 saturated heterocycles. The Morgan fingerprint density at radius 2 is 1.96 bits per heavy atom. The first-order chi connectivity index (χ1) is 11.5. The van der Waals surface area contributed by atoms with E-state index in [1.165, 1.54) is 6.08 Å². The predicted octanol–water partition coefficient (Wildman–Crippen LogP) is 3.35. The molecule has 0 radical (unpaired) electrons. The van der Waals surface area contributed by atoms with Gasteiger partial charge >= 0.3 is 5.97 Å². The summed E-state index contributed by atoms with van der Waals surface area (Å²) in [5.41, 5.74) is 0.446. The summed E-state index contributed by atoms with van der Waals surface area (Å²) in [6.07, 6.45) is 3.65. The van der Waals surface area contributed by atoms with Gasteiger partial charge < -0.3 is 14.8 Å². The van der Waals surface area contributed by atoms with Crippen LogP contribution in [0.1, 0.15) is 43.5 Å². The third kappa shape index (κ3) is 7.81. The minimum atomic E-state index is -0.357. The number of nitrogens with one attached hydrogen (secondary N) is 1. The Bertz CT molecular complexity index is 540. The number of rotatable bonds is 11. The van der Waals surface area contributed by atoms with Crippen LogP contribution in [0.5, 0.6) is 5.75 Å². The maximum atomic E-state index is 12.1. The normalized spacial score (nSPS) is 10.3. The maximum absolute atomic E-state index is 12.1. The van der Waals surface area contributed by atoms with E-state index in [9.17, 15) is 9.59 Å². The van der Waals surface area contributed by atoms with Crippen LogP contribution in [0, 0.1) is 5.92 Å². The van der Waals surface area contributed by atoms with Gasteiger partial charge in [-0.3, -0.25) is 4.79 Å². The van der Waals surface area contributed by atoms with Crippen molar-refractivity contribution in [3.8, 4) is 5.75 Å². The van der Waals surface area contributed by atoms with Gasteiger partial charge in [0.25, 0.3) is 0 Å². The van der Waals surface area contributed by atoms with Gasteiger partial charge in [0.15, 0.2) is 0 Å². The highest BCUT2D eigenvalue weighted by molar-refractivity contribution is 5.92. The van der Waals surface area contributed by atoms with Crippen LogP contribution >= 0.6 is 0 Å². The van der Waals surface area contributed by atoms with Gasteiger partial charge in [-0.2, -0.15) is 0 Å². The number of ether oxygens (including phenoxy) is 2. The molecule has 0 heterocycles. The number of carbonyl (C=O) groups is 2. The van der Waals surface area contributed by atoms with Crippen molar-refractivity contribution in [2.45, 2.75) is 33.1 Å². The molecule has 1 aromatic carbocycles. The zero-order chi connectivity index (χ0) is 17.8. The highest BCUT2D eigenvalue weighted by atomic mass is 16.5. The van der Waals surface area contributed by atoms with Gasteiger partial charge in [-0.1, -0.05) is 32.6 Å². The molecule has 0 aliphatic heterocycles. The topological polar surface area (TPSA) is 64.6 Å². The van der Waals surface area contributed by atoms with Crippen LogP contribution in [0.4, 0.5) is 0 Å². The molecule has 5 heteroatoms. The summed E-state index contributed by atoms with van der Waals surface area (Å²) in [7, 11) is 0. The SMILES string of the molecule is C=CC(=O)NCCCCOc1ccccc1C(=O)OCCC(C)C. The van der Waals surface area contributed by atoms with E-state index >= 15 is 0 Å². The van der Waals surface area contributed by atoms with Gasteiger partial charge in [-0.05, 0) is 43.4 Å². The Morgan fingerprint density at radius 3 is 2.67 bits per heavy atom. The minimum absolute atomic E-state index is 0.176. The van der Waals surface area contributed by atoms with Crippen LogP contribution in [0.25, 0.3) is 0 Å². The van der Waals surface area contributed by atoms with Gasteiger partial charge in [-0.25, -0.2) is 4.79 Å². The van der Waals surface area contributed by atoms with Crippen molar-refractivity contribution in [3.05, 3.63) is 42.5 Å². The molecule has 1 aromatic rings. The monoisotopic (exact) mass is 333 g/mol. The van der Waals surface area contributed by atoms with Crippen LogP contribution in [0.3, 0.4) is 0 Å². The molecule has 0 saturated carbocycles. The van der Waals surface area contributed by atoms with E-state index in [2.05, 4.69) is 25.7 Å². The van der Waals surface area contributed by atoms with Gasteiger partial charge in [0, 0.05) is 6.54 Å². The fourth-order valence-electron chi connectivity index (χ4n) is 1.92. The van der Waals surface area contributed by atoms with Crippen LogP contribution in [0.15, 0.2) is 36.9 Å². The number of unbranched alkanes of at least 4 members (excludes halogenated alkanes) is 1. The molecule has 0 spiro atoms. The number of hydrogen-bond acceptors (Lipinski definition) is 4. The molecule has 5 nitrogen and oxygen atoms in total. The Balaban J connectivity index is 2.38. The lowest BCUT2D eigenvalue weighted by molar-refractivity contribution is -0.116. The standard InChI is InChI=1S/C19H27NO4/c1-4-18(21)20-12-7-8-13-23-17-10-6-5-9-16(17)19(22)24-14-11-15(2)3/h4-6,9-10,15H,1,7-8,11-14H2,2-3H3,(H,20,21). The molecule has 24 heavy (non-hydrogen) atoms. The average Bonchev–Trinajstić information content (AvgIpc) is 2.57. The van der Waals surface area contributed by atoms with E-state index in [0.717, 1.165) is 19.3 Å². The van der Waals surface area contributed by atoms with Crippen molar-refractivity contribution in [1.29, 1.82) is 0 Å². The average molecular weight is 333 g/mol. The smallest absolute Gasteiger partial charge is 0.341 e. The molecule has 0 unspecified atom stereocenters. The number of para-hydroxylation sites is 1. The molecule has 1 rings (SSSR count). The summed E-state index contributed by atoms with van der Waals surface area (Å²) < 4.78 is 11.0. The Morgan fingerprint density at radius 1 is 1.21 bits per heavy atom. The second-order valence-electron chi connectivity index (χ2n) is 5.87. The number of benzene rings is 1. The third-order valence-electron chi connectivity index (χ3n) is 3.35. The summed E-state index contributed by atoms with van der Waals surface area (Å²) in [4.78, 5) is 23.1. The third-order valence-corrected chi connectivity index (χ3v) is 3.35. The van der Waals surface area contributed by atoms with Crippen molar-refractivity contribution in [2.24, 2.45) is 5.92 Å².